The van der Waals surface area contributed by atoms with E-state index < -0.39 is 22.9 Å². The molecule has 10 nitrogen and oxygen atoms in total. The zero-order valence-electron chi connectivity index (χ0n) is 19.1. The molecular formula is C23H24N4O6S2. The van der Waals surface area contributed by atoms with E-state index in [0.29, 0.717) is 5.56 Å². The first kappa shape index (κ1) is 23.9. The van der Waals surface area contributed by atoms with Gasteiger partial charge in [-0.25, -0.2) is 9.78 Å². The number of benzene rings is 1. The molecule has 1 fully saturated rings. The molecule has 0 radical (unpaired) electrons. The second kappa shape index (κ2) is 9.32. The van der Waals surface area contributed by atoms with Crippen LogP contribution in [0.2, 0.25) is 0 Å². The SMILES string of the molecule is C[C@@H](O)[C@H]1C(=O)N2C(C(=O)OCc3ccc([N+](=O)[O-])cc3)=C(SC3CSc4nccn4C3)[C@H](C)[C@H]12. The fourth-order valence-corrected chi connectivity index (χ4v) is 7.46. The van der Waals surface area contributed by atoms with Crippen LogP contribution in [0.5, 0.6) is 0 Å². The number of thioether (sulfide) groups is 2. The van der Waals surface area contributed by atoms with Crippen molar-refractivity contribution < 1.29 is 24.4 Å². The lowest BCUT2D eigenvalue weighted by molar-refractivity contribution is -0.384. The number of carbonyl (C=O) groups excluding carboxylic acids is 2. The van der Waals surface area contributed by atoms with E-state index in [1.54, 1.807) is 36.6 Å². The lowest BCUT2D eigenvalue weighted by atomic mass is 9.79. The Morgan fingerprint density at radius 2 is 2.14 bits per heavy atom. The average molecular weight is 517 g/mol. The third kappa shape index (κ3) is 4.23. The van der Waals surface area contributed by atoms with Crippen LogP contribution >= 0.6 is 23.5 Å². The predicted molar refractivity (Wildman–Crippen MR) is 129 cm³/mol. The molecule has 0 saturated carbocycles. The van der Waals surface area contributed by atoms with Crippen molar-refractivity contribution in [3.63, 3.8) is 0 Å². The van der Waals surface area contributed by atoms with Crippen LogP contribution in [0.25, 0.3) is 0 Å². The predicted octanol–water partition coefficient (Wildman–Crippen LogP) is 2.81. The minimum Gasteiger partial charge on any atom is -0.456 e. The van der Waals surface area contributed by atoms with Crippen molar-refractivity contribution in [3.05, 3.63) is 62.9 Å². The number of esters is 1. The number of nitro benzene ring substituents is 1. The number of hydrogen-bond donors (Lipinski definition) is 1. The number of fused-ring (bicyclic) bond motifs is 2. The highest BCUT2D eigenvalue weighted by Gasteiger charge is 2.60. The van der Waals surface area contributed by atoms with Gasteiger partial charge in [0.2, 0.25) is 5.91 Å². The standard InChI is InChI=1S/C23H24N4O6S2/c1-12-18-17(13(2)28)21(29)26(18)19(20(12)35-16-9-25-8-7-24-23(25)34-11-16)22(30)33-10-14-3-5-15(6-4-14)27(31)32/h3-8,12-13,16-18,28H,9-11H2,1-2H3/t12-,13-,16?,17-,18-/m1/s1. The van der Waals surface area contributed by atoms with Gasteiger partial charge < -0.3 is 19.3 Å². The zero-order valence-corrected chi connectivity index (χ0v) is 20.7. The van der Waals surface area contributed by atoms with E-state index in [2.05, 4.69) is 9.55 Å². The number of aromatic nitrogens is 2. The topological polar surface area (TPSA) is 128 Å². The average Bonchev–Trinajstić information content (AvgIpc) is 3.38. The minimum atomic E-state index is -0.813. The van der Waals surface area contributed by atoms with Crippen molar-refractivity contribution in [3.8, 4) is 0 Å². The Morgan fingerprint density at radius 3 is 2.83 bits per heavy atom. The van der Waals surface area contributed by atoms with Gasteiger partial charge in [-0.3, -0.25) is 14.9 Å². The Bertz CT molecular complexity index is 1210. The molecule has 3 aliphatic rings. The van der Waals surface area contributed by atoms with Gasteiger partial charge in [0.25, 0.3) is 5.69 Å². The molecule has 0 bridgehead atoms. The normalized spacial score (nSPS) is 26.1. The molecular weight excluding hydrogens is 492 g/mol. The summed E-state index contributed by atoms with van der Waals surface area (Å²) >= 11 is 3.24. The highest BCUT2D eigenvalue weighted by molar-refractivity contribution is 8.05. The number of ether oxygens (including phenoxy) is 1. The summed E-state index contributed by atoms with van der Waals surface area (Å²) in [5, 5.41) is 22.2. The third-order valence-electron chi connectivity index (χ3n) is 6.59. The zero-order chi connectivity index (χ0) is 24.9. The van der Waals surface area contributed by atoms with Gasteiger partial charge >= 0.3 is 5.97 Å². The van der Waals surface area contributed by atoms with Gasteiger partial charge in [0.05, 0.1) is 23.0 Å². The molecule has 5 rings (SSSR count). The number of non-ortho nitro benzene ring substituents is 1. The van der Waals surface area contributed by atoms with Crippen molar-refractivity contribution in [2.45, 2.75) is 49.6 Å². The summed E-state index contributed by atoms with van der Waals surface area (Å²) in [6.07, 6.45) is 2.89. The summed E-state index contributed by atoms with van der Waals surface area (Å²) in [7, 11) is 0. The van der Waals surface area contributed by atoms with Crippen LogP contribution in [0, 0.1) is 22.0 Å². The number of aliphatic hydroxyl groups is 1. The molecule has 2 aromatic rings. The van der Waals surface area contributed by atoms with E-state index in [1.807, 2.05) is 13.1 Å². The van der Waals surface area contributed by atoms with Crippen molar-refractivity contribution in [2.75, 3.05) is 5.75 Å². The van der Waals surface area contributed by atoms with E-state index >= 15 is 0 Å². The Balaban J connectivity index is 1.37. The van der Waals surface area contributed by atoms with Crippen molar-refractivity contribution in [2.24, 2.45) is 11.8 Å². The molecule has 1 saturated heterocycles. The molecule has 0 aliphatic carbocycles. The molecule has 1 unspecified atom stereocenters. The molecule has 4 heterocycles. The Kier molecular flexibility index (Phi) is 6.36. The molecule has 1 aromatic carbocycles. The number of aliphatic hydroxyl groups excluding tert-OH is 1. The summed E-state index contributed by atoms with van der Waals surface area (Å²) in [6, 6.07) is 5.50. The number of hydrogen-bond acceptors (Lipinski definition) is 9. The van der Waals surface area contributed by atoms with Crippen LogP contribution in [0.15, 0.2) is 52.4 Å². The number of β-lactam (4-membered cyclic amide) rings is 1. The summed E-state index contributed by atoms with van der Waals surface area (Å²) in [4.78, 5) is 43.2. The largest absolute Gasteiger partial charge is 0.456 e. The molecule has 184 valence electrons. The first-order chi connectivity index (χ1) is 16.8. The summed E-state index contributed by atoms with van der Waals surface area (Å²) in [6.45, 7) is 4.25. The van der Waals surface area contributed by atoms with Gasteiger partial charge in [-0.2, -0.15) is 0 Å². The van der Waals surface area contributed by atoms with E-state index in [1.165, 1.54) is 29.2 Å². The summed E-state index contributed by atoms with van der Waals surface area (Å²) < 4.78 is 7.64. The third-order valence-corrected chi connectivity index (χ3v) is 9.43. The molecule has 1 amide bonds. The second-order valence-electron chi connectivity index (χ2n) is 8.88. The molecule has 0 spiro atoms. The van der Waals surface area contributed by atoms with Crippen LogP contribution in [0.4, 0.5) is 5.69 Å². The highest BCUT2D eigenvalue weighted by Crippen LogP contribution is 2.52. The highest BCUT2D eigenvalue weighted by atomic mass is 32.2. The Hall–Kier alpha value is -2.83. The van der Waals surface area contributed by atoms with Crippen LogP contribution < -0.4 is 0 Å². The Labute approximate surface area is 209 Å². The number of nitrogens with zero attached hydrogens (tertiary/aromatic N) is 4. The second-order valence-corrected chi connectivity index (χ2v) is 11.2. The van der Waals surface area contributed by atoms with Crippen LogP contribution in [-0.2, 0) is 27.5 Å². The lowest BCUT2D eigenvalue weighted by Gasteiger charge is -2.46. The van der Waals surface area contributed by atoms with Crippen LogP contribution in [0.1, 0.15) is 19.4 Å². The smallest absolute Gasteiger partial charge is 0.356 e. The summed E-state index contributed by atoms with van der Waals surface area (Å²) in [5.74, 6) is -0.731. The minimum absolute atomic E-state index is 0.0457. The summed E-state index contributed by atoms with van der Waals surface area (Å²) in [5.41, 5.74) is 0.808. The molecule has 3 aliphatic heterocycles. The molecule has 5 atom stereocenters. The number of rotatable bonds is 7. The van der Waals surface area contributed by atoms with Gasteiger partial charge in [0.1, 0.15) is 12.3 Å². The maximum Gasteiger partial charge on any atom is 0.356 e. The first-order valence-corrected chi connectivity index (χ1v) is 13.1. The van der Waals surface area contributed by atoms with E-state index in [0.717, 1.165) is 22.4 Å². The fraction of sp³-hybridized carbons (Fsp3) is 0.435. The maximum atomic E-state index is 13.3. The van der Waals surface area contributed by atoms with Crippen molar-refractivity contribution in [1.29, 1.82) is 0 Å². The van der Waals surface area contributed by atoms with Crippen LogP contribution in [0.3, 0.4) is 0 Å². The maximum absolute atomic E-state index is 13.3. The number of carbonyl (C=O) groups is 2. The van der Waals surface area contributed by atoms with Gasteiger partial charge in [-0.15, -0.1) is 11.8 Å². The van der Waals surface area contributed by atoms with Crippen LogP contribution in [-0.4, -0.2) is 59.5 Å². The van der Waals surface area contributed by atoms with Crippen molar-refractivity contribution in [1.82, 2.24) is 14.5 Å². The van der Waals surface area contributed by atoms with Gasteiger partial charge in [0, 0.05) is 52.9 Å². The van der Waals surface area contributed by atoms with E-state index in [9.17, 15) is 24.8 Å². The quantitative estimate of drug-likeness (QED) is 0.256. The number of nitro groups is 1. The molecule has 1 aromatic heterocycles. The van der Waals surface area contributed by atoms with Gasteiger partial charge in [-0.1, -0.05) is 18.7 Å². The number of imidazole rings is 1. The van der Waals surface area contributed by atoms with Crippen molar-refractivity contribution >= 4 is 41.1 Å². The van der Waals surface area contributed by atoms with E-state index in [4.69, 9.17) is 4.74 Å². The van der Waals surface area contributed by atoms with Gasteiger partial charge in [-0.05, 0) is 24.6 Å². The Morgan fingerprint density at radius 1 is 1.40 bits per heavy atom. The monoisotopic (exact) mass is 516 g/mol. The van der Waals surface area contributed by atoms with Gasteiger partial charge in [0.15, 0.2) is 5.16 Å². The lowest BCUT2D eigenvalue weighted by Crippen LogP contribution is -2.63. The molecule has 1 N–H and O–H groups in total. The fourth-order valence-electron chi connectivity index (χ4n) is 4.87. The van der Waals surface area contributed by atoms with E-state index in [-0.39, 0.29) is 41.1 Å². The molecule has 35 heavy (non-hydrogen) atoms. The molecule has 12 heteroatoms. The number of amides is 1. The first-order valence-electron chi connectivity index (χ1n) is 11.2.